The molecule has 3 heteroatoms. The molecule has 4 atom stereocenters. The fourth-order valence-electron chi connectivity index (χ4n) is 7.22. The Labute approximate surface area is 211 Å². The number of piperidine rings is 1. The van der Waals surface area contributed by atoms with Crippen LogP contribution in [0.25, 0.3) is 6.08 Å². The molecule has 186 valence electrons. The predicted octanol–water partition coefficient (Wildman–Crippen LogP) is 6.58. The summed E-state index contributed by atoms with van der Waals surface area (Å²) < 4.78 is 0. The molecule has 1 aliphatic heterocycles. The number of hydrogen-bond donors (Lipinski definition) is 1. The van der Waals surface area contributed by atoms with Gasteiger partial charge in [-0.05, 0) is 72.3 Å². The number of fused-ring (bicyclic) bond motifs is 2. The van der Waals surface area contributed by atoms with E-state index in [4.69, 9.17) is 5.73 Å². The SMILES string of the molecule is CC1(C)CN(C(=O)CCC2CC3(c4ccccc4)CCCC(C3)/C2=C\c2ccccc2)CC[C@@H]1N. The van der Waals surface area contributed by atoms with Crippen LogP contribution in [0.5, 0.6) is 0 Å². The molecule has 0 aromatic heterocycles. The van der Waals surface area contributed by atoms with Crippen LogP contribution >= 0.6 is 0 Å². The highest BCUT2D eigenvalue weighted by Gasteiger charge is 2.46. The largest absolute Gasteiger partial charge is 0.342 e. The van der Waals surface area contributed by atoms with E-state index in [1.54, 1.807) is 5.57 Å². The number of carbonyl (C=O) groups excluding carboxylic acids is 1. The highest BCUT2D eigenvalue weighted by Crippen LogP contribution is 2.55. The average Bonchev–Trinajstić information content (AvgIpc) is 2.87. The van der Waals surface area contributed by atoms with E-state index in [1.165, 1.54) is 36.8 Å². The minimum atomic E-state index is -0.00842. The Balaban J connectivity index is 1.39. The third-order valence-corrected chi connectivity index (χ3v) is 9.32. The number of allylic oxidation sites excluding steroid dienone is 1. The lowest BCUT2D eigenvalue weighted by atomic mass is 9.54. The van der Waals surface area contributed by atoms with Crippen molar-refractivity contribution in [1.82, 2.24) is 4.90 Å². The van der Waals surface area contributed by atoms with E-state index in [0.717, 1.165) is 32.4 Å². The number of likely N-dealkylation sites (tertiary alicyclic amines) is 1. The van der Waals surface area contributed by atoms with Crippen LogP contribution in [0, 0.1) is 17.3 Å². The molecule has 3 fully saturated rings. The number of carbonyl (C=O) groups is 1. The van der Waals surface area contributed by atoms with Crippen molar-refractivity contribution in [3.63, 3.8) is 0 Å². The first-order valence-electron chi connectivity index (χ1n) is 13.7. The van der Waals surface area contributed by atoms with Crippen LogP contribution in [0.1, 0.15) is 76.3 Å². The van der Waals surface area contributed by atoms with Gasteiger partial charge in [-0.2, -0.15) is 0 Å². The van der Waals surface area contributed by atoms with Crippen molar-refractivity contribution in [1.29, 1.82) is 0 Å². The summed E-state index contributed by atoms with van der Waals surface area (Å²) >= 11 is 0. The van der Waals surface area contributed by atoms with Crippen molar-refractivity contribution in [2.45, 2.75) is 76.7 Å². The molecule has 2 aromatic rings. The van der Waals surface area contributed by atoms with E-state index in [2.05, 4.69) is 85.5 Å². The molecule has 3 aliphatic rings. The van der Waals surface area contributed by atoms with E-state index in [-0.39, 0.29) is 16.9 Å². The van der Waals surface area contributed by atoms with E-state index in [9.17, 15) is 4.79 Å². The molecule has 1 amide bonds. The van der Waals surface area contributed by atoms with E-state index in [1.807, 2.05) is 0 Å². The van der Waals surface area contributed by atoms with Gasteiger partial charge in [0, 0.05) is 25.6 Å². The zero-order valence-corrected chi connectivity index (χ0v) is 21.6. The van der Waals surface area contributed by atoms with Crippen molar-refractivity contribution < 1.29 is 4.79 Å². The van der Waals surface area contributed by atoms with Gasteiger partial charge in [0.2, 0.25) is 5.91 Å². The molecule has 0 radical (unpaired) electrons. The van der Waals surface area contributed by atoms with Crippen LogP contribution in [0.2, 0.25) is 0 Å². The molecule has 2 aromatic carbocycles. The molecular weight excluding hydrogens is 428 g/mol. The zero-order chi connectivity index (χ0) is 24.5. The van der Waals surface area contributed by atoms with Gasteiger partial charge in [-0.25, -0.2) is 0 Å². The fraction of sp³-hybridized carbons (Fsp3) is 0.531. The minimum Gasteiger partial charge on any atom is -0.342 e. The monoisotopic (exact) mass is 470 g/mol. The molecule has 1 saturated heterocycles. The van der Waals surface area contributed by atoms with Gasteiger partial charge in [-0.1, -0.05) is 92.6 Å². The Bertz CT molecular complexity index is 1040. The van der Waals surface area contributed by atoms with Crippen LogP contribution in [0.4, 0.5) is 0 Å². The summed E-state index contributed by atoms with van der Waals surface area (Å²) in [5.41, 5.74) is 11.0. The molecule has 2 saturated carbocycles. The van der Waals surface area contributed by atoms with E-state index >= 15 is 0 Å². The van der Waals surface area contributed by atoms with Crippen LogP contribution in [0.3, 0.4) is 0 Å². The Kier molecular flexibility index (Phi) is 6.90. The van der Waals surface area contributed by atoms with Crippen LogP contribution < -0.4 is 5.73 Å². The average molecular weight is 471 g/mol. The summed E-state index contributed by atoms with van der Waals surface area (Å²) in [5.74, 6) is 1.39. The van der Waals surface area contributed by atoms with Crippen molar-refractivity contribution in [3.05, 3.63) is 77.4 Å². The van der Waals surface area contributed by atoms with Gasteiger partial charge in [-0.15, -0.1) is 0 Å². The second-order valence-electron chi connectivity index (χ2n) is 12.1. The first-order valence-corrected chi connectivity index (χ1v) is 13.7. The lowest BCUT2D eigenvalue weighted by Gasteiger charge is -2.50. The maximum absolute atomic E-state index is 13.4. The molecular formula is C32H42N2O. The normalized spacial score (nSPS) is 31.3. The highest BCUT2D eigenvalue weighted by molar-refractivity contribution is 5.76. The maximum atomic E-state index is 13.4. The quantitative estimate of drug-likeness (QED) is 0.536. The molecule has 2 N–H and O–H groups in total. The van der Waals surface area contributed by atoms with Gasteiger partial charge < -0.3 is 10.6 Å². The topological polar surface area (TPSA) is 46.3 Å². The second-order valence-corrected chi connectivity index (χ2v) is 12.1. The number of hydrogen-bond acceptors (Lipinski definition) is 2. The summed E-state index contributed by atoms with van der Waals surface area (Å²) in [6.45, 7) is 5.98. The summed E-state index contributed by atoms with van der Waals surface area (Å²) in [4.78, 5) is 15.4. The Morgan fingerprint density at radius 3 is 2.46 bits per heavy atom. The van der Waals surface area contributed by atoms with Crippen molar-refractivity contribution in [3.8, 4) is 0 Å². The molecule has 2 bridgehead atoms. The third kappa shape index (κ3) is 5.11. The molecule has 5 rings (SSSR count). The van der Waals surface area contributed by atoms with Gasteiger partial charge >= 0.3 is 0 Å². The van der Waals surface area contributed by atoms with Crippen LogP contribution in [-0.4, -0.2) is 29.9 Å². The maximum Gasteiger partial charge on any atom is 0.222 e. The van der Waals surface area contributed by atoms with E-state index < -0.39 is 0 Å². The first-order chi connectivity index (χ1) is 16.9. The molecule has 35 heavy (non-hydrogen) atoms. The summed E-state index contributed by atoms with van der Waals surface area (Å²) in [5, 5.41) is 0. The van der Waals surface area contributed by atoms with Gasteiger partial charge in [0.1, 0.15) is 0 Å². The van der Waals surface area contributed by atoms with Crippen LogP contribution in [-0.2, 0) is 10.2 Å². The lowest BCUT2D eigenvalue weighted by molar-refractivity contribution is -0.135. The number of nitrogens with zero attached hydrogens (tertiary/aromatic N) is 1. The molecule has 0 spiro atoms. The van der Waals surface area contributed by atoms with Crippen molar-refractivity contribution >= 4 is 12.0 Å². The highest BCUT2D eigenvalue weighted by atomic mass is 16.2. The van der Waals surface area contributed by atoms with Gasteiger partial charge in [0.15, 0.2) is 0 Å². The van der Waals surface area contributed by atoms with E-state index in [0.29, 0.717) is 24.2 Å². The van der Waals surface area contributed by atoms with Crippen molar-refractivity contribution in [2.24, 2.45) is 23.0 Å². The third-order valence-electron chi connectivity index (χ3n) is 9.32. The minimum absolute atomic E-state index is 0.00842. The van der Waals surface area contributed by atoms with Gasteiger partial charge in [-0.3, -0.25) is 4.79 Å². The number of amides is 1. The van der Waals surface area contributed by atoms with Crippen molar-refractivity contribution in [2.75, 3.05) is 13.1 Å². The molecule has 3 unspecified atom stereocenters. The predicted molar refractivity (Wildman–Crippen MR) is 145 cm³/mol. The Morgan fingerprint density at radius 1 is 1.03 bits per heavy atom. The summed E-state index contributed by atoms with van der Waals surface area (Å²) in [7, 11) is 0. The van der Waals surface area contributed by atoms with Gasteiger partial charge in [0.25, 0.3) is 0 Å². The van der Waals surface area contributed by atoms with Crippen LogP contribution in [0.15, 0.2) is 66.2 Å². The molecule has 1 heterocycles. The smallest absolute Gasteiger partial charge is 0.222 e. The standard InChI is InChI=1S/C32H42N2O/c1-31(2)23-34(19-17-29(31)33)30(35)16-15-26-22-32(27-13-7-4-8-14-27)18-9-12-25(21-32)28(26)20-24-10-5-3-6-11-24/h3-8,10-11,13-14,20,25-26,29H,9,12,15-19,21-23,33H2,1-2H3/b28-20+/t25?,26?,29-,32?/m0/s1. The first kappa shape index (κ1) is 24.3. The second kappa shape index (κ2) is 9.93. The molecule has 2 aliphatic carbocycles. The number of nitrogens with two attached hydrogens (primary N) is 1. The Morgan fingerprint density at radius 2 is 1.74 bits per heavy atom. The van der Waals surface area contributed by atoms with Gasteiger partial charge in [0.05, 0.1) is 0 Å². The fourth-order valence-corrected chi connectivity index (χ4v) is 7.22. The zero-order valence-electron chi connectivity index (χ0n) is 21.6. The lowest BCUT2D eigenvalue weighted by Crippen LogP contribution is -2.54. The summed E-state index contributed by atoms with van der Waals surface area (Å²) in [6.07, 6.45) is 11.2. The molecule has 3 nitrogen and oxygen atoms in total. The summed E-state index contributed by atoms with van der Waals surface area (Å²) in [6, 6.07) is 22.2. The number of rotatable bonds is 5. The Hall–Kier alpha value is -2.39. The number of benzene rings is 2.